The number of aliphatic imine (C=N–C) groups is 1. The van der Waals surface area contributed by atoms with Crippen molar-refractivity contribution in [3.8, 4) is 5.75 Å². The molecule has 5 nitrogen and oxygen atoms in total. The van der Waals surface area contributed by atoms with Crippen LogP contribution in [0, 0.1) is 6.92 Å². The van der Waals surface area contributed by atoms with Crippen molar-refractivity contribution in [3.63, 3.8) is 0 Å². The molecule has 0 bridgehead atoms. The predicted molar refractivity (Wildman–Crippen MR) is 126 cm³/mol. The van der Waals surface area contributed by atoms with Crippen LogP contribution in [0.5, 0.6) is 5.75 Å². The summed E-state index contributed by atoms with van der Waals surface area (Å²) in [6.07, 6.45) is 3.24. The molecule has 2 rings (SSSR count). The Kier molecular flexibility index (Phi) is 11.4. The number of ether oxygens (including phenoxy) is 1. The highest BCUT2D eigenvalue weighted by Gasteiger charge is 2.21. The highest BCUT2D eigenvalue weighted by Crippen LogP contribution is 2.21. The van der Waals surface area contributed by atoms with Gasteiger partial charge in [0.1, 0.15) is 5.75 Å². The lowest BCUT2D eigenvalue weighted by Gasteiger charge is -2.35. The number of likely N-dealkylation sites (tertiary alicyclic amines) is 1. The van der Waals surface area contributed by atoms with Gasteiger partial charge in [0.05, 0.1) is 6.61 Å². The summed E-state index contributed by atoms with van der Waals surface area (Å²) >= 11 is 5.97. The van der Waals surface area contributed by atoms with Crippen molar-refractivity contribution in [1.82, 2.24) is 15.5 Å². The molecule has 0 atom stereocenters. The maximum atomic E-state index is 5.97. The molecule has 0 saturated carbocycles. The van der Waals surface area contributed by atoms with Crippen LogP contribution in [0.2, 0.25) is 5.02 Å². The zero-order valence-electron chi connectivity index (χ0n) is 16.9. The van der Waals surface area contributed by atoms with Crippen LogP contribution in [0.3, 0.4) is 0 Å². The van der Waals surface area contributed by atoms with E-state index in [4.69, 9.17) is 16.3 Å². The molecule has 1 aromatic carbocycles. The van der Waals surface area contributed by atoms with E-state index in [0.717, 1.165) is 61.2 Å². The molecule has 0 aromatic heterocycles. The summed E-state index contributed by atoms with van der Waals surface area (Å²) < 4.78 is 5.83. The van der Waals surface area contributed by atoms with Crippen LogP contribution in [0.4, 0.5) is 0 Å². The summed E-state index contributed by atoms with van der Waals surface area (Å²) in [5.74, 6) is 1.78. The van der Waals surface area contributed by atoms with E-state index in [1.807, 2.05) is 32.2 Å². The largest absolute Gasteiger partial charge is 0.493 e. The van der Waals surface area contributed by atoms with E-state index in [1.165, 1.54) is 0 Å². The zero-order valence-corrected chi connectivity index (χ0v) is 20.0. The molecule has 0 radical (unpaired) electrons. The summed E-state index contributed by atoms with van der Waals surface area (Å²) in [6, 6.07) is 6.85. The quantitative estimate of drug-likeness (QED) is 0.252. The van der Waals surface area contributed by atoms with Crippen molar-refractivity contribution < 1.29 is 4.74 Å². The topological polar surface area (TPSA) is 48.9 Å². The molecule has 1 aliphatic heterocycles. The molecule has 1 aliphatic rings. The normalized spacial score (nSPS) is 16.1. The van der Waals surface area contributed by atoms with Crippen LogP contribution in [0.1, 0.15) is 38.7 Å². The Balaban J connectivity index is 0.00000364. The van der Waals surface area contributed by atoms with Gasteiger partial charge in [0.15, 0.2) is 5.96 Å². The van der Waals surface area contributed by atoms with E-state index < -0.39 is 0 Å². The molecular weight excluding hydrogens is 475 g/mol. The van der Waals surface area contributed by atoms with E-state index in [1.54, 1.807) is 0 Å². The number of nitrogens with one attached hydrogen (secondary N) is 2. The second-order valence-corrected chi connectivity index (χ2v) is 7.60. The molecule has 1 fully saturated rings. The molecule has 2 N–H and O–H groups in total. The smallest absolute Gasteiger partial charge is 0.191 e. The first-order valence-corrected chi connectivity index (χ1v) is 9.97. The lowest BCUT2D eigenvalue weighted by Crippen LogP contribution is -2.50. The molecule has 1 saturated heterocycles. The predicted octanol–water partition coefficient (Wildman–Crippen LogP) is 4.07. The minimum atomic E-state index is 0. The number of benzene rings is 1. The van der Waals surface area contributed by atoms with Gasteiger partial charge in [0, 0.05) is 43.8 Å². The lowest BCUT2D eigenvalue weighted by molar-refractivity contribution is 0.167. The third-order valence-corrected chi connectivity index (χ3v) is 5.07. The average Bonchev–Trinajstić information content (AvgIpc) is 2.62. The Bertz CT molecular complexity index is 589. The highest BCUT2D eigenvalue weighted by molar-refractivity contribution is 14.0. The van der Waals surface area contributed by atoms with Crippen LogP contribution in [0.15, 0.2) is 23.2 Å². The van der Waals surface area contributed by atoms with Gasteiger partial charge in [-0.2, -0.15) is 0 Å². The van der Waals surface area contributed by atoms with E-state index in [9.17, 15) is 0 Å². The lowest BCUT2D eigenvalue weighted by atomic mass is 10.0. The number of aryl methyl sites for hydroxylation is 1. The van der Waals surface area contributed by atoms with Gasteiger partial charge in [-0.15, -0.1) is 24.0 Å². The summed E-state index contributed by atoms with van der Waals surface area (Å²) in [5.41, 5.74) is 1.07. The molecule has 1 heterocycles. The van der Waals surface area contributed by atoms with Crippen LogP contribution in [-0.4, -0.2) is 56.2 Å². The number of nitrogens with zero attached hydrogens (tertiary/aromatic N) is 2. The fourth-order valence-electron chi connectivity index (χ4n) is 3.18. The number of hydrogen-bond acceptors (Lipinski definition) is 3. The van der Waals surface area contributed by atoms with Gasteiger partial charge in [-0.05, 0) is 63.8 Å². The Morgan fingerprint density at radius 1 is 1.33 bits per heavy atom. The monoisotopic (exact) mass is 508 g/mol. The molecular formula is C20H34ClIN4O. The maximum Gasteiger partial charge on any atom is 0.191 e. The van der Waals surface area contributed by atoms with Gasteiger partial charge in [-0.1, -0.05) is 11.6 Å². The number of guanidine groups is 1. The summed E-state index contributed by atoms with van der Waals surface area (Å²) in [6.45, 7) is 10.3. The summed E-state index contributed by atoms with van der Waals surface area (Å²) in [5, 5.41) is 7.67. The molecule has 1 aromatic rings. The van der Waals surface area contributed by atoms with Crippen LogP contribution in [0.25, 0.3) is 0 Å². The molecule has 0 spiro atoms. The first-order valence-electron chi connectivity index (χ1n) is 9.59. The molecule has 154 valence electrons. The van der Waals surface area contributed by atoms with Crippen molar-refractivity contribution in [2.75, 3.05) is 33.3 Å². The van der Waals surface area contributed by atoms with Gasteiger partial charge in [0.25, 0.3) is 0 Å². The zero-order chi connectivity index (χ0) is 18.9. The van der Waals surface area contributed by atoms with Crippen molar-refractivity contribution in [1.29, 1.82) is 0 Å². The van der Waals surface area contributed by atoms with E-state index in [0.29, 0.717) is 18.7 Å². The van der Waals surface area contributed by atoms with Crippen LogP contribution in [-0.2, 0) is 0 Å². The van der Waals surface area contributed by atoms with Crippen LogP contribution < -0.4 is 15.4 Å². The molecule has 0 amide bonds. The molecule has 7 heteroatoms. The average molecular weight is 509 g/mol. The van der Waals surface area contributed by atoms with Gasteiger partial charge < -0.3 is 20.3 Å². The van der Waals surface area contributed by atoms with Gasteiger partial charge in [-0.25, -0.2) is 0 Å². The first kappa shape index (κ1) is 24.3. The third kappa shape index (κ3) is 8.44. The summed E-state index contributed by atoms with van der Waals surface area (Å²) in [7, 11) is 1.83. The van der Waals surface area contributed by atoms with E-state index in [2.05, 4.69) is 34.4 Å². The second-order valence-electron chi connectivity index (χ2n) is 7.16. The number of rotatable bonds is 7. The Morgan fingerprint density at radius 2 is 2.04 bits per heavy atom. The number of hydrogen-bond donors (Lipinski definition) is 2. The minimum absolute atomic E-state index is 0. The van der Waals surface area contributed by atoms with Crippen LogP contribution >= 0.6 is 35.6 Å². The Hall–Kier alpha value is -0.730. The first-order chi connectivity index (χ1) is 12.5. The van der Waals surface area contributed by atoms with Crippen molar-refractivity contribution in [3.05, 3.63) is 28.8 Å². The molecule has 27 heavy (non-hydrogen) atoms. The van der Waals surface area contributed by atoms with Crippen molar-refractivity contribution in [2.24, 2.45) is 4.99 Å². The van der Waals surface area contributed by atoms with Gasteiger partial charge >= 0.3 is 0 Å². The summed E-state index contributed by atoms with van der Waals surface area (Å²) in [4.78, 5) is 6.87. The van der Waals surface area contributed by atoms with E-state index in [-0.39, 0.29) is 24.0 Å². The maximum absolute atomic E-state index is 5.97. The van der Waals surface area contributed by atoms with Crippen molar-refractivity contribution in [2.45, 2.75) is 52.1 Å². The number of halogens is 2. The van der Waals surface area contributed by atoms with Crippen molar-refractivity contribution >= 4 is 41.5 Å². The fourth-order valence-corrected chi connectivity index (χ4v) is 3.41. The highest BCUT2D eigenvalue weighted by atomic mass is 127. The Labute approximate surface area is 186 Å². The van der Waals surface area contributed by atoms with E-state index >= 15 is 0 Å². The van der Waals surface area contributed by atoms with Gasteiger partial charge in [0.2, 0.25) is 0 Å². The third-order valence-electron chi connectivity index (χ3n) is 4.83. The minimum Gasteiger partial charge on any atom is -0.493 e. The second kappa shape index (κ2) is 12.7. The standard InChI is InChI=1S/C20H33ClN4O.HI/c1-15(2)25-11-8-18(9-12-25)24-20(22-4)23-10-5-13-26-19-7-6-17(21)14-16(19)3;/h6-7,14-15,18H,5,8-13H2,1-4H3,(H2,22,23,24);1H. The SMILES string of the molecule is CN=C(NCCCOc1ccc(Cl)cc1C)NC1CCN(C(C)C)CC1.I. The fraction of sp³-hybridized carbons (Fsp3) is 0.650. The number of piperidine rings is 1. The van der Waals surface area contributed by atoms with Gasteiger partial charge in [-0.3, -0.25) is 4.99 Å². The molecule has 0 aliphatic carbocycles. The Morgan fingerprint density at radius 3 is 2.63 bits per heavy atom. The molecule has 0 unspecified atom stereocenters.